The highest BCUT2D eigenvalue weighted by atomic mass is 16.2. The number of nitrogens with one attached hydrogen (secondary N) is 2. The average Bonchev–Trinajstić information content (AvgIpc) is 2.34. The molecule has 4 nitrogen and oxygen atoms in total. The van der Waals surface area contributed by atoms with Crippen molar-refractivity contribution in [3.63, 3.8) is 0 Å². The molecule has 0 saturated carbocycles. The Morgan fingerprint density at radius 1 is 1.82 bits per heavy atom. The maximum absolute atomic E-state index is 10.3. The predicted molar refractivity (Wildman–Crippen MR) is 42.1 cm³/mol. The summed E-state index contributed by atoms with van der Waals surface area (Å²) in [6, 6.07) is -0.451. The average molecular weight is 156 g/mol. The van der Waals surface area contributed by atoms with E-state index < -0.39 is 6.03 Å². The van der Waals surface area contributed by atoms with Crippen molar-refractivity contribution in [2.45, 2.75) is 19.4 Å². The van der Waals surface area contributed by atoms with Gasteiger partial charge in [0.15, 0.2) is 0 Å². The van der Waals surface area contributed by atoms with E-state index in [2.05, 4.69) is 17.1 Å². The van der Waals surface area contributed by atoms with Gasteiger partial charge in [-0.05, 0) is 13.0 Å². The molecule has 1 aliphatic heterocycles. The monoisotopic (exact) mass is 156 g/mol. The SMILES string of the molecule is CCN1CCC(NC([NH])=O)C1. The molecule has 2 N–H and O–H groups in total. The van der Waals surface area contributed by atoms with Crippen LogP contribution >= 0.6 is 0 Å². The normalized spacial score (nSPS) is 25.4. The maximum Gasteiger partial charge on any atom is 0.333 e. The van der Waals surface area contributed by atoms with E-state index in [4.69, 9.17) is 5.73 Å². The number of carbonyl (C=O) groups excluding carboxylic acids is 1. The van der Waals surface area contributed by atoms with Crippen LogP contribution in [0, 0.1) is 0 Å². The van der Waals surface area contributed by atoms with Crippen LogP contribution in [0.2, 0.25) is 0 Å². The van der Waals surface area contributed by atoms with Gasteiger partial charge >= 0.3 is 6.03 Å². The summed E-state index contributed by atoms with van der Waals surface area (Å²) >= 11 is 0. The van der Waals surface area contributed by atoms with Gasteiger partial charge in [0.2, 0.25) is 0 Å². The molecule has 1 radical (unpaired) electrons. The van der Waals surface area contributed by atoms with Crippen LogP contribution in [-0.2, 0) is 0 Å². The molecule has 1 fully saturated rings. The molecular formula is C7H14N3O. The molecule has 2 amide bonds. The molecule has 0 aromatic carbocycles. The summed E-state index contributed by atoms with van der Waals surface area (Å²) in [7, 11) is 0. The Bertz CT molecular complexity index is 149. The minimum absolute atomic E-state index is 0.208. The van der Waals surface area contributed by atoms with Crippen molar-refractivity contribution in [1.29, 1.82) is 0 Å². The van der Waals surface area contributed by atoms with Gasteiger partial charge in [0.05, 0.1) is 0 Å². The maximum atomic E-state index is 10.3. The first-order valence-electron chi connectivity index (χ1n) is 3.97. The number of urea groups is 1. The van der Waals surface area contributed by atoms with Crippen LogP contribution in [0.4, 0.5) is 4.79 Å². The Labute approximate surface area is 66.7 Å². The standard InChI is InChI=1S/C7H14N3O/c1-2-10-4-3-6(5-10)9-7(8)11/h6,8H,2-5H2,1H3,(H,9,11). The van der Waals surface area contributed by atoms with Gasteiger partial charge in [-0.1, -0.05) is 6.92 Å². The van der Waals surface area contributed by atoms with Gasteiger partial charge in [0, 0.05) is 19.1 Å². The van der Waals surface area contributed by atoms with E-state index in [0.29, 0.717) is 0 Å². The lowest BCUT2D eigenvalue weighted by Gasteiger charge is -2.12. The minimum Gasteiger partial charge on any atom is -0.333 e. The molecule has 63 valence electrons. The van der Waals surface area contributed by atoms with Gasteiger partial charge in [0.25, 0.3) is 0 Å². The van der Waals surface area contributed by atoms with Crippen LogP contribution in [0.15, 0.2) is 0 Å². The lowest BCUT2D eigenvalue weighted by atomic mass is 10.3. The second-order valence-corrected chi connectivity index (χ2v) is 2.85. The Morgan fingerprint density at radius 2 is 2.55 bits per heavy atom. The van der Waals surface area contributed by atoms with Gasteiger partial charge in [-0.15, -0.1) is 0 Å². The number of hydrogen-bond acceptors (Lipinski definition) is 2. The molecule has 0 aromatic rings. The third-order valence-corrected chi connectivity index (χ3v) is 2.05. The van der Waals surface area contributed by atoms with E-state index in [1.54, 1.807) is 0 Å². The van der Waals surface area contributed by atoms with Crippen molar-refractivity contribution in [2.24, 2.45) is 0 Å². The first kappa shape index (κ1) is 8.33. The third kappa shape index (κ3) is 2.38. The molecule has 1 heterocycles. The minimum atomic E-state index is -0.659. The second kappa shape index (κ2) is 3.57. The highest BCUT2D eigenvalue weighted by Crippen LogP contribution is 2.07. The molecule has 4 heteroatoms. The van der Waals surface area contributed by atoms with Gasteiger partial charge in [-0.2, -0.15) is 0 Å². The predicted octanol–water partition coefficient (Wildman–Crippen LogP) is 0.0731. The highest BCUT2D eigenvalue weighted by Gasteiger charge is 2.21. The summed E-state index contributed by atoms with van der Waals surface area (Å²) in [5.74, 6) is 0. The van der Waals surface area contributed by atoms with Gasteiger partial charge in [-0.3, -0.25) is 0 Å². The van der Waals surface area contributed by atoms with E-state index in [1.165, 1.54) is 0 Å². The molecule has 1 rings (SSSR count). The van der Waals surface area contributed by atoms with Crippen LogP contribution in [0.25, 0.3) is 0 Å². The molecule has 1 unspecified atom stereocenters. The highest BCUT2D eigenvalue weighted by molar-refractivity contribution is 5.71. The van der Waals surface area contributed by atoms with Crippen molar-refractivity contribution in [2.75, 3.05) is 19.6 Å². The van der Waals surface area contributed by atoms with Crippen LogP contribution in [0.3, 0.4) is 0 Å². The molecular weight excluding hydrogens is 142 g/mol. The van der Waals surface area contributed by atoms with Gasteiger partial charge < -0.3 is 10.2 Å². The summed E-state index contributed by atoms with van der Waals surface area (Å²) in [6.07, 6.45) is 0.985. The fourth-order valence-corrected chi connectivity index (χ4v) is 1.42. The number of hydrogen-bond donors (Lipinski definition) is 1. The molecule has 0 aromatic heterocycles. The largest absolute Gasteiger partial charge is 0.333 e. The van der Waals surface area contributed by atoms with Gasteiger partial charge in [-0.25, -0.2) is 10.5 Å². The summed E-state index contributed by atoms with van der Waals surface area (Å²) in [6.45, 7) is 5.08. The number of amides is 2. The zero-order chi connectivity index (χ0) is 8.27. The zero-order valence-corrected chi connectivity index (χ0v) is 6.76. The quantitative estimate of drug-likeness (QED) is 0.615. The van der Waals surface area contributed by atoms with Crippen LogP contribution in [-0.4, -0.2) is 36.6 Å². The van der Waals surface area contributed by atoms with Gasteiger partial charge in [0.1, 0.15) is 0 Å². The van der Waals surface area contributed by atoms with Crippen LogP contribution < -0.4 is 11.1 Å². The topological polar surface area (TPSA) is 56.1 Å². The number of likely N-dealkylation sites (tertiary alicyclic amines) is 1. The molecule has 1 saturated heterocycles. The fraction of sp³-hybridized carbons (Fsp3) is 0.857. The first-order chi connectivity index (χ1) is 5.22. The molecule has 11 heavy (non-hydrogen) atoms. The summed E-state index contributed by atoms with van der Waals surface area (Å²) in [5.41, 5.74) is 6.70. The Kier molecular flexibility index (Phi) is 2.70. The first-order valence-corrected chi connectivity index (χ1v) is 3.97. The zero-order valence-electron chi connectivity index (χ0n) is 6.76. The van der Waals surface area contributed by atoms with E-state index in [0.717, 1.165) is 26.1 Å². The Morgan fingerprint density at radius 3 is 3.00 bits per heavy atom. The number of carbonyl (C=O) groups is 1. The third-order valence-electron chi connectivity index (χ3n) is 2.05. The van der Waals surface area contributed by atoms with E-state index >= 15 is 0 Å². The van der Waals surface area contributed by atoms with E-state index in [9.17, 15) is 4.79 Å². The molecule has 1 aliphatic rings. The molecule has 0 bridgehead atoms. The summed E-state index contributed by atoms with van der Waals surface area (Å²) in [4.78, 5) is 12.6. The number of rotatable bonds is 2. The van der Waals surface area contributed by atoms with Crippen molar-refractivity contribution in [3.05, 3.63) is 0 Å². The van der Waals surface area contributed by atoms with Crippen LogP contribution in [0.1, 0.15) is 13.3 Å². The Balaban J connectivity index is 2.24. The summed E-state index contributed by atoms with van der Waals surface area (Å²) in [5, 5.41) is 2.59. The molecule has 0 spiro atoms. The van der Waals surface area contributed by atoms with Crippen molar-refractivity contribution < 1.29 is 4.79 Å². The summed E-state index contributed by atoms with van der Waals surface area (Å²) < 4.78 is 0. The number of likely N-dealkylation sites (N-methyl/N-ethyl adjacent to an activating group) is 1. The second-order valence-electron chi connectivity index (χ2n) is 2.85. The number of nitrogens with zero attached hydrogens (tertiary/aromatic N) is 1. The van der Waals surface area contributed by atoms with E-state index in [-0.39, 0.29) is 6.04 Å². The molecule has 0 aliphatic carbocycles. The smallest absolute Gasteiger partial charge is 0.333 e. The van der Waals surface area contributed by atoms with Crippen molar-refractivity contribution >= 4 is 6.03 Å². The lowest BCUT2D eigenvalue weighted by Crippen LogP contribution is -2.36. The van der Waals surface area contributed by atoms with Crippen LogP contribution in [0.5, 0.6) is 0 Å². The van der Waals surface area contributed by atoms with E-state index in [1.807, 2.05) is 0 Å². The molecule has 1 atom stereocenters. The Hall–Kier alpha value is -0.770. The fourth-order valence-electron chi connectivity index (χ4n) is 1.42. The van der Waals surface area contributed by atoms with Crippen molar-refractivity contribution in [3.8, 4) is 0 Å². The lowest BCUT2D eigenvalue weighted by molar-refractivity contribution is 0.243. The van der Waals surface area contributed by atoms with Crippen molar-refractivity contribution in [1.82, 2.24) is 16.0 Å².